The van der Waals surface area contributed by atoms with Crippen molar-refractivity contribution in [2.75, 3.05) is 13.6 Å². The molecular formula is C13H18INO. The standard InChI is InChI=1S/C13H18INO/c1-3-4-5-9-15(2)13(16)11-7-6-8-12(14)10-11/h6-8,10H,3-5,9H2,1-2H3. The third-order valence-electron chi connectivity index (χ3n) is 2.52. The predicted octanol–water partition coefficient (Wildman–Crippen LogP) is 3.55. The quantitative estimate of drug-likeness (QED) is 0.597. The molecule has 0 aliphatic carbocycles. The molecule has 0 N–H and O–H groups in total. The molecule has 16 heavy (non-hydrogen) atoms. The summed E-state index contributed by atoms with van der Waals surface area (Å²) in [6, 6.07) is 7.73. The van der Waals surface area contributed by atoms with Crippen LogP contribution >= 0.6 is 22.6 Å². The Bertz CT molecular complexity index is 352. The fourth-order valence-corrected chi connectivity index (χ4v) is 2.09. The first-order chi connectivity index (χ1) is 7.65. The molecular weight excluding hydrogens is 313 g/mol. The molecule has 0 heterocycles. The number of unbranched alkanes of at least 4 members (excludes halogenated alkanes) is 2. The van der Waals surface area contributed by atoms with Gasteiger partial charge in [-0.2, -0.15) is 0 Å². The zero-order chi connectivity index (χ0) is 12.0. The van der Waals surface area contributed by atoms with Crippen molar-refractivity contribution in [3.63, 3.8) is 0 Å². The minimum absolute atomic E-state index is 0.120. The summed E-state index contributed by atoms with van der Waals surface area (Å²) < 4.78 is 1.10. The van der Waals surface area contributed by atoms with Crippen LogP contribution in [-0.2, 0) is 0 Å². The van der Waals surface area contributed by atoms with Crippen LogP contribution in [0.15, 0.2) is 24.3 Å². The lowest BCUT2D eigenvalue weighted by Crippen LogP contribution is -2.27. The first-order valence-corrected chi connectivity index (χ1v) is 6.74. The SMILES string of the molecule is CCCCCN(C)C(=O)c1cccc(I)c1. The van der Waals surface area contributed by atoms with Crippen LogP contribution in [0.3, 0.4) is 0 Å². The second-order valence-corrected chi connectivity index (χ2v) is 5.19. The zero-order valence-electron chi connectivity index (χ0n) is 9.87. The summed E-state index contributed by atoms with van der Waals surface area (Å²) in [5.41, 5.74) is 0.783. The Hall–Kier alpha value is -0.580. The molecule has 0 bridgehead atoms. The monoisotopic (exact) mass is 331 g/mol. The number of amides is 1. The molecule has 1 aromatic rings. The molecule has 0 spiro atoms. The summed E-state index contributed by atoms with van der Waals surface area (Å²) in [5, 5.41) is 0. The fourth-order valence-electron chi connectivity index (χ4n) is 1.54. The second kappa shape index (κ2) is 6.89. The largest absolute Gasteiger partial charge is 0.342 e. The van der Waals surface area contributed by atoms with Crippen molar-refractivity contribution in [3.8, 4) is 0 Å². The van der Waals surface area contributed by atoms with Crippen molar-refractivity contribution in [1.29, 1.82) is 0 Å². The van der Waals surface area contributed by atoms with Gasteiger partial charge in [-0.1, -0.05) is 25.8 Å². The maximum atomic E-state index is 12.0. The maximum absolute atomic E-state index is 12.0. The van der Waals surface area contributed by atoms with E-state index in [-0.39, 0.29) is 5.91 Å². The van der Waals surface area contributed by atoms with E-state index in [1.165, 1.54) is 12.8 Å². The van der Waals surface area contributed by atoms with Gasteiger partial charge in [-0.15, -0.1) is 0 Å². The summed E-state index contributed by atoms with van der Waals surface area (Å²) in [5.74, 6) is 0.120. The van der Waals surface area contributed by atoms with Crippen LogP contribution < -0.4 is 0 Å². The van der Waals surface area contributed by atoms with E-state index in [1.54, 1.807) is 4.90 Å². The molecule has 0 aromatic heterocycles. The Morgan fingerprint density at radius 3 is 2.75 bits per heavy atom. The first-order valence-electron chi connectivity index (χ1n) is 5.66. The average Bonchev–Trinajstić information content (AvgIpc) is 2.28. The van der Waals surface area contributed by atoms with Gasteiger partial charge in [-0.3, -0.25) is 4.79 Å². The molecule has 0 aliphatic rings. The molecule has 0 unspecified atom stereocenters. The van der Waals surface area contributed by atoms with Gasteiger partial charge >= 0.3 is 0 Å². The van der Waals surface area contributed by atoms with E-state index in [0.29, 0.717) is 0 Å². The summed E-state index contributed by atoms with van der Waals surface area (Å²) in [4.78, 5) is 13.8. The fraction of sp³-hybridized carbons (Fsp3) is 0.462. The van der Waals surface area contributed by atoms with Crippen molar-refractivity contribution in [3.05, 3.63) is 33.4 Å². The van der Waals surface area contributed by atoms with Crippen molar-refractivity contribution in [1.82, 2.24) is 4.90 Å². The molecule has 0 radical (unpaired) electrons. The second-order valence-electron chi connectivity index (χ2n) is 3.94. The Kier molecular flexibility index (Phi) is 5.80. The molecule has 1 rings (SSSR count). The number of benzene rings is 1. The molecule has 0 saturated heterocycles. The van der Waals surface area contributed by atoms with E-state index in [1.807, 2.05) is 31.3 Å². The minimum atomic E-state index is 0.120. The van der Waals surface area contributed by atoms with Crippen LogP contribution in [0.5, 0.6) is 0 Å². The van der Waals surface area contributed by atoms with E-state index >= 15 is 0 Å². The number of nitrogens with zero attached hydrogens (tertiary/aromatic N) is 1. The number of carbonyl (C=O) groups is 1. The highest BCUT2D eigenvalue weighted by atomic mass is 127. The Morgan fingerprint density at radius 1 is 1.38 bits per heavy atom. The van der Waals surface area contributed by atoms with Crippen LogP contribution in [0.4, 0.5) is 0 Å². The van der Waals surface area contributed by atoms with Gasteiger partial charge in [0.25, 0.3) is 5.91 Å². The number of hydrogen-bond acceptors (Lipinski definition) is 1. The third kappa shape index (κ3) is 4.12. The van der Waals surface area contributed by atoms with Crippen LogP contribution in [0.1, 0.15) is 36.5 Å². The van der Waals surface area contributed by atoms with E-state index in [4.69, 9.17) is 0 Å². The van der Waals surface area contributed by atoms with Gasteiger partial charge in [-0.25, -0.2) is 0 Å². The molecule has 0 saturated carbocycles. The van der Waals surface area contributed by atoms with Crippen molar-refractivity contribution in [2.45, 2.75) is 26.2 Å². The zero-order valence-corrected chi connectivity index (χ0v) is 12.0. The molecule has 3 heteroatoms. The van der Waals surface area contributed by atoms with Gasteiger partial charge in [0.05, 0.1) is 0 Å². The topological polar surface area (TPSA) is 20.3 Å². The van der Waals surface area contributed by atoms with E-state index in [0.717, 1.165) is 22.1 Å². The van der Waals surface area contributed by atoms with Crippen LogP contribution in [0.2, 0.25) is 0 Å². The number of halogens is 1. The molecule has 88 valence electrons. The Morgan fingerprint density at radius 2 is 2.12 bits per heavy atom. The number of rotatable bonds is 5. The molecule has 0 fully saturated rings. The van der Waals surface area contributed by atoms with Crippen molar-refractivity contribution >= 4 is 28.5 Å². The lowest BCUT2D eigenvalue weighted by Gasteiger charge is -2.17. The average molecular weight is 331 g/mol. The maximum Gasteiger partial charge on any atom is 0.253 e. The lowest BCUT2D eigenvalue weighted by molar-refractivity contribution is 0.0792. The number of carbonyl (C=O) groups excluding carboxylic acids is 1. The molecule has 1 aromatic carbocycles. The van der Waals surface area contributed by atoms with Gasteiger partial charge in [0.15, 0.2) is 0 Å². The molecule has 0 atom stereocenters. The molecule has 0 aliphatic heterocycles. The molecule has 2 nitrogen and oxygen atoms in total. The summed E-state index contributed by atoms with van der Waals surface area (Å²) in [6.45, 7) is 3.01. The van der Waals surface area contributed by atoms with Crippen molar-refractivity contribution in [2.24, 2.45) is 0 Å². The minimum Gasteiger partial charge on any atom is -0.342 e. The lowest BCUT2D eigenvalue weighted by atomic mass is 10.2. The van der Waals surface area contributed by atoms with Crippen LogP contribution in [0.25, 0.3) is 0 Å². The summed E-state index contributed by atoms with van der Waals surface area (Å²) >= 11 is 2.23. The Balaban J connectivity index is 2.56. The van der Waals surface area contributed by atoms with Gasteiger partial charge in [0.1, 0.15) is 0 Å². The Labute approximate surface area is 111 Å². The van der Waals surface area contributed by atoms with E-state index in [9.17, 15) is 4.79 Å². The van der Waals surface area contributed by atoms with E-state index < -0.39 is 0 Å². The van der Waals surface area contributed by atoms with Gasteiger partial charge in [0.2, 0.25) is 0 Å². The van der Waals surface area contributed by atoms with Gasteiger partial charge < -0.3 is 4.90 Å². The highest BCUT2D eigenvalue weighted by Crippen LogP contribution is 2.10. The van der Waals surface area contributed by atoms with Crippen LogP contribution in [-0.4, -0.2) is 24.4 Å². The smallest absolute Gasteiger partial charge is 0.253 e. The normalized spacial score (nSPS) is 10.2. The summed E-state index contributed by atoms with van der Waals surface area (Å²) in [7, 11) is 1.87. The van der Waals surface area contributed by atoms with E-state index in [2.05, 4.69) is 29.5 Å². The van der Waals surface area contributed by atoms with Crippen molar-refractivity contribution < 1.29 is 4.79 Å². The van der Waals surface area contributed by atoms with Gasteiger partial charge in [0, 0.05) is 22.7 Å². The highest BCUT2D eigenvalue weighted by Gasteiger charge is 2.10. The highest BCUT2D eigenvalue weighted by molar-refractivity contribution is 14.1. The predicted molar refractivity (Wildman–Crippen MR) is 75.6 cm³/mol. The molecule has 1 amide bonds. The van der Waals surface area contributed by atoms with Gasteiger partial charge in [-0.05, 0) is 47.2 Å². The summed E-state index contributed by atoms with van der Waals surface area (Å²) in [6.07, 6.45) is 3.46. The third-order valence-corrected chi connectivity index (χ3v) is 3.19. The van der Waals surface area contributed by atoms with Crippen LogP contribution in [0, 0.1) is 3.57 Å². The first kappa shape index (κ1) is 13.5. The number of hydrogen-bond donors (Lipinski definition) is 0.